The third-order valence-electron chi connectivity index (χ3n) is 2.82. The molecule has 0 unspecified atom stereocenters. The number of nitrogens with zero attached hydrogens (tertiary/aromatic N) is 2. The van der Waals surface area contributed by atoms with Gasteiger partial charge in [0, 0.05) is 17.3 Å². The molecule has 0 saturated carbocycles. The van der Waals surface area contributed by atoms with Crippen LogP contribution in [0, 0.1) is 6.92 Å². The second-order valence-electron chi connectivity index (χ2n) is 4.06. The molecule has 0 aliphatic heterocycles. The largest absolute Gasteiger partial charge is 0.365 e. The summed E-state index contributed by atoms with van der Waals surface area (Å²) in [6.45, 7) is 8.41. The molecular weight excluding hydrogens is 210 g/mol. The number of aromatic nitrogens is 2. The van der Waals surface area contributed by atoms with Crippen LogP contribution in [0.25, 0.3) is 0 Å². The van der Waals surface area contributed by atoms with Gasteiger partial charge in [-0.2, -0.15) is 0 Å². The summed E-state index contributed by atoms with van der Waals surface area (Å²) in [7, 11) is 0. The van der Waals surface area contributed by atoms with E-state index in [1.807, 2.05) is 13.0 Å². The van der Waals surface area contributed by atoms with Crippen LogP contribution in [0.3, 0.4) is 0 Å². The van der Waals surface area contributed by atoms with Crippen LogP contribution in [0.2, 0.25) is 5.28 Å². The first-order valence-electron chi connectivity index (χ1n) is 5.28. The van der Waals surface area contributed by atoms with E-state index in [-0.39, 0.29) is 5.54 Å². The topological polar surface area (TPSA) is 37.8 Å². The highest BCUT2D eigenvalue weighted by atomic mass is 35.5. The van der Waals surface area contributed by atoms with Crippen molar-refractivity contribution in [2.24, 2.45) is 0 Å². The number of anilines is 1. The van der Waals surface area contributed by atoms with Crippen LogP contribution in [0.4, 0.5) is 5.82 Å². The molecule has 1 rings (SSSR count). The molecule has 0 fully saturated rings. The number of nitrogens with one attached hydrogen (secondary N) is 1. The fourth-order valence-electron chi connectivity index (χ4n) is 1.33. The zero-order valence-electron chi connectivity index (χ0n) is 9.76. The van der Waals surface area contributed by atoms with E-state index in [1.165, 1.54) is 0 Å². The molecule has 1 heterocycles. The van der Waals surface area contributed by atoms with Gasteiger partial charge in [-0.3, -0.25) is 0 Å². The van der Waals surface area contributed by atoms with Crippen LogP contribution < -0.4 is 5.32 Å². The highest BCUT2D eigenvalue weighted by Gasteiger charge is 2.19. The van der Waals surface area contributed by atoms with E-state index in [1.54, 1.807) is 0 Å². The van der Waals surface area contributed by atoms with Crippen molar-refractivity contribution >= 4 is 17.4 Å². The molecule has 0 bridgehead atoms. The lowest BCUT2D eigenvalue weighted by atomic mass is 9.96. The average Bonchev–Trinajstić information content (AvgIpc) is 2.16. The predicted octanol–water partition coefficient (Wildman–Crippen LogP) is 3.43. The Morgan fingerprint density at radius 1 is 1.33 bits per heavy atom. The van der Waals surface area contributed by atoms with Gasteiger partial charge in [0.25, 0.3) is 0 Å². The van der Waals surface area contributed by atoms with Crippen LogP contribution in [-0.2, 0) is 0 Å². The SMILES string of the molecule is CCC(C)(CC)Nc1cc(C)nc(Cl)n1. The second-order valence-corrected chi connectivity index (χ2v) is 4.39. The molecule has 0 aliphatic rings. The fourth-order valence-corrected chi connectivity index (χ4v) is 1.56. The first kappa shape index (κ1) is 12.2. The Kier molecular flexibility index (Phi) is 3.91. The molecule has 1 N–H and O–H groups in total. The van der Waals surface area contributed by atoms with Gasteiger partial charge in [-0.1, -0.05) is 13.8 Å². The minimum absolute atomic E-state index is 0.0735. The summed E-state index contributed by atoms with van der Waals surface area (Å²) in [5.74, 6) is 0.804. The molecule has 1 aromatic rings. The Hall–Kier alpha value is -0.830. The van der Waals surface area contributed by atoms with Crippen molar-refractivity contribution in [2.75, 3.05) is 5.32 Å². The lowest BCUT2D eigenvalue weighted by Crippen LogP contribution is -2.33. The van der Waals surface area contributed by atoms with E-state index in [0.717, 1.165) is 24.4 Å². The summed E-state index contributed by atoms with van der Waals surface area (Å²) in [4.78, 5) is 8.19. The summed E-state index contributed by atoms with van der Waals surface area (Å²) in [5.41, 5.74) is 0.955. The molecule has 0 aromatic carbocycles. The van der Waals surface area contributed by atoms with E-state index in [0.29, 0.717) is 5.28 Å². The molecule has 0 spiro atoms. The van der Waals surface area contributed by atoms with Gasteiger partial charge >= 0.3 is 0 Å². The Bertz CT molecular complexity index is 314. The zero-order valence-corrected chi connectivity index (χ0v) is 10.5. The summed E-state index contributed by atoms with van der Waals surface area (Å²) < 4.78 is 0. The maximum atomic E-state index is 5.80. The van der Waals surface area contributed by atoms with E-state index in [4.69, 9.17) is 11.6 Å². The van der Waals surface area contributed by atoms with Crippen LogP contribution in [-0.4, -0.2) is 15.5 Å². The summed E-state index contributed by atoms with van der Waals surface area (Å²) in [6, 6.07) is 1.91. The van der Waals surface area contributed by atoms with E-state index >= 15 is 0 Å². The molecule has 3 nitrogen and oxygen atoms in total. The third kappa shape index (κ3) is 3.34. The van der Waals surface area contributed by atoms with Gasteiger partial charge in [0.05, 0.1) is 0 Å². The molecule has 0 amide bonds. The van der Waals surface area contributed by atoms with Crippen molar-refractivity contribution in [3.8, 4) is 0 Å². The summed E-state index contributed by atoms with van der Waals surface area (Å²) in [5, 5.41) is 3.70. The van der Waals surface area contributed by atoms with E-state index < -0.39 is 0 Å². The minimum Gasteiger partial charge on any atom is -0.365 e. The fraction of sp³-hybridized carbons (Fsp3) is 0.636. The standard InChI is InChI=1S/C11H18ClN3/c1-5-11(4,6-2)15-9-7-8(3)13-10(12)14-9/h7H,5-6H2,1-4H3,(H,13,14,15). The smallest absolute Gasteiger partial charge is 0.224 e. The molecule has 1 aromatic heterocycles. The van der Waals surface area contributed by atoms with E-state index in [9.17, 15) is 0 Å². The third-order valence-corrected chi connectivity index (χ3v) is 2.99. The summed E-state index contributed by atoms with van der Waals surface area (Å²) >= 11 is 5.80. The van der Waals surface area contributed by atoms with Gasteiger partial charge in [-0.05, 0) is 38.3 Å². The van der Waals surface area contributed by atoms with Crippen molar-refractivity contribution < 1.29 is 0 Å². The Labute approximate surface area is 96.3 Å². The van der Waals surface area contributed by atoms with Gasteiger partial charge in [0.2, 0.25) is 5.28 Å². The average molecular weight is 228 g/mol. The van der Waals surface area contributed by atoms with Crippen LogP contribution in [0.15, 0.2) is 6.07 Å². The Morgan fingerprint density at radius 2 is 1.93 bits per heavy atom. The molecule has 0 atom stereocenters. The molecule has 4 heteroatoms. The lowest BCUT2D eigenvalue weighted by Gasteiger charge is -2.28. The van der Waals surface area contributed by atoms with Crippen molar-refractivity contribution in [3.05, 3.63) is 17.0 Å². The van der Waals surface area contributed by atoms with Crippen molar-refractivity contribution in [3.63, 3.8) is 0 Å². The number of halogens is 1. The minimum atomic E-state index is 0.0735. The Morgan fingerprint density at radius 3 is 2.40 bits per heavy atom. The monoisotopic (exact) mass is 227 g/mol. The predicted molar refractivity (Wildman–Crippen MR) is 64.4 cm³/mol. The number of aryl methyl sites for hydroxylation is 1. The molecule has 0 saturated heterocycles. The second kappa shape index (κ2) is 4.79. The van der Waals surface area contributed by atoms with Gasteiger partial charge < -0.3 is 5.32 Å². The summed E-state index contributed by atoms with van der Waals surface area (Å²) in [6.07, 6.45) is 2.09. The van der Waals surface area contributed by atoms with Crippen LogP contribution in [0.1, 0.15) is 39.3 Å². The molecular formula is C11H18ClN3. The van der Waals surface area contributed by atoms with Crippen LogP contribution in [0.5, 0.6) is 0 Å². The maximum absolute atomic E-state index is 5.80. The van der Waals surface area contributed by atoms with Crippen molar-refractivity contribution in [2.45, 2.75) is 46.1 Å². The van der Waals surface area contributed by atoms with Gasteiger partial charge in [-0.15, -0.1) is 0 Å². The molecule has 15 heavy (non-hydrogen) atoms. The lowest BCUT2D eigenvalue weighted by molar-refractivity contribution is 0.476. The van der Waals surface area contributed by atoms with Crippen molar-refractivity contribution in [1.29, 1.82) is 0 Å². The van der Waals surface area contributed by atoms with Gasteiger partial charge in [0.1, 0.15) is 5.82 Å². The first-order valence-corrected chi connectivity index (χ1v) is 5.66. The first-order chi connectivity index (χ1) is 6.99. The van der Waals surface area contributed by atoms with Gasteiger partial charge in [-0.25, -0.2) is 9.97 Å². The highest BCUT2D eigenvalue weighted by Crippen LogP contribution is 2.21. The number of rotatable bonds is 4. The molecule has 84 valence electrons. The van der Waals surface area contributed by atoms with Crippen LogP contribution >= 0.6 is 11.6 Å². The molecule has 0 radical (unpaired) electrons. The number of hydrogen-bond donors (Lipinski definition) is 1. The number of hydrogen-bond acceptors (Lipinski definition) is 3. The highest BCUT2D eigenvalue weighted by molar-refractivity contribution is 6.28. The zero-order chi connectivity index (χ0) is 11.5. The normalized spacial score (nSPS) is 11.5. The Balaban J connectivity index is 2.88. The molecule has 0 aliphatic carbocycles. The van der Waals surface area contributed by atoms with Crippen molar-refractivity contribution in [1.82, 2.24) is 9.97 Å². The van der Waals surface area contributed by atoms with Gasteiger partial charge in [0.15, 0.2) is 0 Å². The maximum Gasteiger partial charge on any atom is 0.224 e. The van der Waals surface area contributed by atoms with E-state index in [2.05, 4.69) is 36.1 Å². The quantitative estimate of drug-likeness (QED) is 0.801.